The summed E-state index contributed by atoms with van der Waals surface area (Å²) in [6.07, 6.45) is 0. The zero-order chi connectivity index (χ0) is 12.5. The number of aliphatic imine (C=N–C) groups is 1. The standard InChI is InChI=1S/C2H8NO9P3/c4-13(5,6)1-3-2(14(7,8)9)15(10,11)12/h1-2H,(H2,4,5,6)(H2,7,8,9)(H2,10,11,12). The fourth-order valence-electron chi connectivity index (χ4n) is 0.516. The molecule has 10 nitrogen and oxygen atoms in total. The Labute approximate surface area is 83.2 Å². The maximum absolute atomic E-state index is 10.5. The van der Waals surface area contributed by atoms with Crippen molar-refractivity contribution in [2.75, 3.05) is 0 Å². The van der Waals surface area contributed by atoms with Gasteiger partial charge in [-0.15, -0.1) is 0 Å². The van der Waals surface area contributed by atoms with Crippen molar-refractivity contribution in [3.8, 4) is 0 Å². The van der Waals surface area contributed by atoms with E-state index in [9.17, 15) is 13.7 Å². The fourth-order valence-corrected chi connectivity index (χ4v) is 3.08. The van der Waals surface area contributed by atoms with Crippen molar-refractivity contribution in [1.29, 1.82) is 0 Å². The second-order valence-corrected chi connectivity index (χ2v) is 7.53. The van der Waals surface area contributed by atoms with E-state index < -0.39 is 28.3 Å². The first-order valence-electron chi connectivity index (χ1n) is 3.04. The lowest BCUT2D eigenvalue weighted by Crippen LogP contribution is -2.06. The van der Waals surface area contributed by atoms with Gasteiger partial charge in [-0.05, 0) is 0 Å². The molecular formula is C2H8NO9P3. The molecule has 13 heteroatoms. The van der Waals surface area contributed by atoms with Gasteiger partial charge in [0.2, 0.25) is 0 Å². The van der Waals surface area contributed by atoms with Crippen LogP contribution in [-0.4, -0.2) is 40.8 Å². The third-order valence-electron chi connectivity index (χ3n) is 0.952. The Morgan fingerprint density at radius 1 is 0.867 bits per heavy atom. The van der Waals surface area contributed by atoms with E-state index in [0.29, 0.717) is 0 Å². The molecule has 0 aromatic carbocycles. The minimum absolute atomic E-state index is 0.212. The molecule has 0 radical (unpaired) electrons. The Balaban J connectivity index is 5.21. The molecule has 0 amide bonds. The molecule has 0 unspecified atom stereocenters. The van der Waals surface area contributed by atoms with Gasteiger partial charge in [0.15, 0.2) is 0 Å². The SMILES string of the molecule is O=P(O)(O)C=NC(P(=O)(O)O)P(=O)(O)O. The zero-order valence-corrected chi connectivity index (χ0v) is 9.53. The van der Waals surface area contributed by atoms with E-state index in [2.05, 4.69) is 4.99 Å². The maximum Gasteiger partial charge on any atom is 0.366 e. The highest BCUT2D eigenvalue weighted by Gasteiger charge is 2.43. The molecule has 0 bridgehead atoms. The van der Waals surface area contributed by atoms with Gasteiger partial charge in [-0.2, -0.15) is 0 Å². The van der Waals surface area contributed by atoms with Gasteiger partial charge in [0.25, 0.3) is 5.52 Å². The molecule has 0 atom stereocenters. The van der Waals surface area contributed by atoms with Crippen LogP contribution < -0.4 is 0 Å². The van der Waals surface area contributed by atoms with Gasteiger partial charge in [-0.25, -0.2) is 0 Å². The molecule has 0 spiro atoms. The molecule has 0 heterocycles. The largest absolute Gasteiger partial charge is 0.366 e. The van der Waals surface area contributed by atoms with Crippen molar-refractivity contribution in [2.24, 2.45) is 4.99 Å². The van der Waals surface area contributed by atoms with Crippen molar-refractivity contribution < 1.29 is 43.1 Å². The van der Waals surface area contributed by atoms with Crippen LogP contribution in [0.4, 0.5) is 0 Å². The van der Waals surface area contributed by atoms with Gasteiger partial charge in [0.1, 0.15) is 5.96 Å². The normalized spacial score (nSPS) is 15.1. The third-order valence-corrected chi connectivity index (χ3v) is 4.66. The monoisotopic (exact) mass is 283 g/mol. The molecule has 0 rings (SSSR count). The number of nitrogens with zero attached hydrogens (tertiary/aromatic N) is 1. The first-order chi connectivity index (χ1) is 6.34. The lowest BCUT2D eigenvalue weighted by atomic mass is 11.4. The van der Waals surface area contributed by atoms with Crippen LogP contribution >= 0.6 is 22.8 Å². The molecule has 0 aliphatic rings. The summed E-state index contributed by atoms with van der Waals surface area (Å²) in [5.41, 5.74) is -2.79. The van der Waals surface area contributed by atoms with Crippen molar-refractivity contribution in [3.05, 3.63) is 0 Å². The van der Waals surface area contributed by atoms with Gasteiger partial charge < -0.3 is 29.4 Å². The molecule has 0 saturated heterocycles. The topological polar surface area (TPSA) is 185 Å². The number of hydrogen-bond acceptors (Lipinski definition) is 4. The summed E-state index contributed by atoms with van der Waals surface area (Å²) >= 11 is 0. The Morgan fingerprint density at radius 3 is 1.40 bits per heavy atom. The fraction of sp³-hybridized carbons (Fsp3) is 0.500. The first kappa shape index (κ1) is 15.1. The van der Waals surface area contributed by atoms with Crippen molar-refractivity contribution in [1.82, 2.24) is 0 Å². The van der Waals surface area contributed by atoms with Crippen LogP contribution in [0.5, 0.6) is 0 Å². The van der Waals surface area contributed by atoms with Crippen LogP contribution in [0.3, 0.4) is 0 Å². The van der Waals surface area contributed by atoms with Crippen molar-refractivity contribution in [3.63, 3.8) is 0 Å². The molecular weight excluding hydrogens is 275 g/mol. The summed E-state index contributed by atoms with van der Waals surface area (Å²) < 4.78 is 31.3. The lowest BCUT2D eigenvalue weighted by molar-refractivity contribution is 0.340. The van der Waals surface area contributed by atoms with E-state index in [-0.39, 0.29) is 5.96 Å². The average molecular weight is 283 g/mol. The molecule has 0 aliphatic carbocycles. The molecule has 0 aliphatic heterocycles. The van der Waals surface area contributed by atoms with Gasteiger partial charge in [0.05, 0.1) is 0 Å². The summed E-state index contributed by atoms with van der Waals surface area (Å²) in [5, 5.41) is 0. The van der Waals surface area contributed by atoms with Gasteiger partial charge in [0, 0.05) is 0 Å². The van der Waals surface area contributed by atoms with Crippen molar-refractivity contribution in [2.45, 2.75) is 5.52 Å². The van der Waals surface area contributed by atoms with E-state index in [0.717, 1.165) is 0 Å². The third kappa shape index (κ3) is 6.32. The summed E-state index contributed by atoms with van der Waals surface area (Å²) in [7, 11) is -15.4. The predicted molar refractivity (Wildman–Crippen MR) is 48.4 cm³/mol. The minimum Gasteiger partial charge on any atom is -0.322 e. The number of rotatable bonds is 4. The molecule has 6 N–H and O–H groups in total. The summed E-state index contributed by atoms with van der Waals surface area (Å²) in [6.45, 7) is 0. The quantitative estimate of drug-likeness (QED) is 0.273. The molecule has 0 fully saturated rings. The summed E-state index contributed by atoms with van der Waals surface area (Å²) in [4.78, 5) is 52.9. The van der Waals surface area contributed by atoms with E-state index in [1.54, 1.807) is 0 Å². The van der Waals surface area contributed by atoms with Crippen LogP contribution in [0.2, 0.25) is 0 Å². The van der Waals surface area contributed by atoms with Crippen molar-refractivity contribution >= 4 is 28.7 Å². The molecule has 0 saturated carbocycles. The summed E-state index contributed by atoms with van der Waals surface area (Å²) in [6, 6.07) is 0. The Morgan fingerprint density at radius 2 is 1.20 bits per heavy atom. The molecule has 15 heavy (non-hydrogen) atoms. The highest BCUT2D eigenvalue weighted by atomic mass is 31.2. The average Bonchev–Trinajstić information content (AvgIpc) is 1.75. The molecule has 0 aromatic rings. The van der Waals surface area contributed by atoms with Gasteiger partial charge in [-0.1, -0.05) is 0 Å². The van der Waals surface area contributed by atoms with E-state index in [4.69, 9.17) is 29.4 Å². The maximum atomic E-state index is 10.5. The van der Waals surface area contributed by atoms with Crippen LogP contribution in [-0.2, 0) is 13.7 Å². The first-order valence-corrected chi connectivity index (χ1v) is 8.08. The van der Waals surface area contributed by atoms with E-state index in [1.165, 1.54) is 0 Å². The lowest BCUT2D eigenvalue weighted by Gasteiger charge is -2.14. The molecule has 0 aromatic heterocycles. The van der Waals surface area contributed by atoms with Crippen LogP contribution in [0.15, 0.2) is 4.99 Å². The zero-order valence-electron chi connectivity index (χ0n) is 6.85. The Bertz CT molecular complexity index is 360. The number of hydrogen-bond donors (Lipinski definition) is 6. The highest BCUT2D eigenvalue weighted by molar-refractivity contribution is 7.71. The van der Waals surface area contributed by atoms with Gasteiger partial charge >= 0.3 is 22.8 Å². The highest BCUT2D eigenvalue weighted by Crippen LogP contribution is 2.60. The predicted octanol–water partition coefficient (Wildman–Crippen LogP) is -1.17. The molecule has 90 valence electrons. The van der Waals surface area contributed by atoms with Crippen LogP contribution in [0.25, 0.3) is 0 Å². The van der Waals surface area contributed by atoms with E-state index in [1.807, 2.05) is 0 Å². The van der Waals surface area contributed by atoms with E-state index >= 15 is 0 Å². The second-order valence-electron chi connectivity index (χ2n) is 2.38. The minimum atomic E-state index is -5.29. The Kier molecular flexibility index (Phi) is 4.58. The van der Waals surface area contributed by atoms with Crippen LogP contribution in [0.1, 0.15) is 0 Å². The van der Waals surface area contributed by atoms with Gasteiger partial charge in [-0.3, -0.25) is 18.7 Å². The second kappa shape index (κ2) is 4.55. The summed E-state index contributed by atoms with van der Waals surface area (Å²) in [5.74, 6) is -0.212. The smallest absolute Gasteiger partial charge is 0.322 e. The Hall–Kier alpha value is 0.120. The van der Waals surface area contributed by atoms with Crippen LogP contribution in [0, 0.1) is 0 Å².